The largest absolute Gasteiger partial charge is 0.274 e. The second kappa shape index (κ2) is 6.11. The normalized spacial score (nSPS) is 10.5. The van der Waals surface area contributed by atoms with Crippen molar-refractivity contribution in [1.82, 2.24) is 4.98 Å². The van der Waals surface area contributed by atoms with Crippen molar-refractivity contribution in [2.24, 2.45) is 0 Å². The number of halogens is 2. The highest BCUT2D eigenvalue weighted by Gasteiger charge is 2.13. The van der Waals surface area contributed by atoms with Gasteiger partial charge in [0, 0.05) is 4.90 Å². The molecule has 0 saturated heterocycles. The van der Waals surface area contributed by atoms with Crippen LogP contribution in [0.3, 0.4) is 0 Å². The maximum atomic E-state index is 11.7. The van der Waals surface area contributed by atoms with E-state index < -0.39 is 0 Å². The summed E-state index contributed by atoms with van der Waals surface area (Å²) in [5.74, 6) is 0. The third-order valence-electron chi connectivity index (χ3n) is 1.64. The molecule has 88 valence electrons. The maximum absolute atomic E-state index is 11.7. The van der Waals surface area contributed by atoms with Crippen molar-refractivity contribution >= 4 is 62.5 Å². The molecular formula is C10H5Cl2NOS3. The fourth-order valence-electron chi connectivity index (χ4n) is 0.986. The van der Waals surface area contributed by atoms with Crippen molar-refractivity contribution in [3.8, 4) is 0 Å². The van der Waals surface area contributed by atoms with E-state index in [0.29, 0.717) is 8.68 Å². The Hall–Kier alpha value is -0.200. The monoisotopic (exact) mass is 321 g/mol. The van der Waals surface area contributed by atoms with E-state index in [1.54, 1.807) is 0 Å². The van der Waals surface area contributed by atoms with Gasteiger partial charge in [-0.1, -0.05) is 52.7 Å². The molecule has 17 heavy (non-hydrogen) atoms. The maximum Gasteiger partial charge on any atom is 0.257 e. The summed E-state index contributed by atoms with van der Waals surface area (Å²) in [6, 6.07) is 9.44. The van der Waals surface area contributed by atoms with Gasteiger partial charge in [-0.15, -0.1) is 0 Å². The summed E-state index contributed by atoms with van der Waals surface area (Å²) in [7, 11) is 0. The van der Waals surface area contributed by atoms with Crippen molar-refractivity contribution in [1.29, 1.82) is 0 Å². The smallest absolute Gasteiger partial charge is 0.257 e. The van der Waals surface area contributed by atoms with Gasteiger partial charge in [-0.2, -0.15) is 0 Å². The number of nitrogens with zero attached hydrogens (tertiary/aromatic N) is 1. The van der Waals surface area contributed by atoms with Gasteiger partial charge < -0.3 is 0 Å². The Kier molecular flexibility index (Phi) is 4.76. The SMILES string of the molecule is O=C(Sc1ccccc1)Sc1nc(Cl)c(Cl)s1. The average molecular weight is 322 g/mol. The van der Waals surface area contributed by atoms with Crippen LogP contribution >= 0.6 is 58.1 Å². The lowest BCUT2D eigenvalue weighted by molar-refractivity contribution is 0.276. The Balaban J connectivity index is 1.98. The molecule has 2 rings (SSSR count). The van der Waals surface area contributed by atoms with Crippen LogP contribution in [0.4, 0.5) is 4.79 Å². The molecule has 0 radical (unpaired) electrons. The molecule has 0 unspecified atom stereocenters. The van der Waals surface area contributed by atoms with Gasteiger partial charge in [-0.25, -0.2) is 4.98 Å². The van der Waals surface area contributed by atoms with E-state index in [4.69, 9.17) is 23.2 Å². The summed E-state index contributed by atoms with van der Waals surface area (Å²) in [4.78, 5) is 16.6. The van der Waals surface area contributed by atoms with Gasteiger partial charge >= 0.3 is 0 Å². The molecule has 7 heteroatoms. The lowest BCUT2D eigenvalue weighted by atomic mass is 10.4. The van der Waals surface area contributed by atoms with E-state index in [9.17, 15) is 4.79 Å². The number of benzene rings is 1. The summed E-state index contributed by atoms with van der Waals surface area (Å²) in [5.41, 5.74) is 0. The summed E-state index contributed by atoms with van der Waals surface area (Å²) in [6.07, 6.45) is 0. The molecule has 0 aliphatic rings. The number of rotatable bonds is 2. The van der Waals surface area contributed by atoms with Gasteiger partial charge in [0.15, 0.2) is 9.49 Å². The molecule has 1 aromatic heterocycles. The minimum absolute atomic E-state index is 0.0571. The standard InChI is InChI=1S/C10H5Cl2NOS3/c11-7-8(12)16-9(13-7)17-10(14)15-6-4-2-1-3-5-6/h1-5H. The minimum atomic E-state index is -0.0571. The van der Waals surface area contributed by atoms with E-state index in [2.05, 4.69) is 4.98 Å². The molecule has 1 aromatic carbocycles. The first-order valence-corrected chi connectivity index (χ1v) is 7.62. The number of thioether (sulfide) groups is 2. The van der Waals surface area contributed by atoms with Gasteiger partial charge in [0.2, 0.25) is 0 Å². The zero-order chi connectivity index (χ0) is 12.3. The highest BCUT2D eigenvalue weighted by molar-refractivity contribution is 8.39. The van der Waals surface area contributed by atoms with Crippen LogP contribution in [0.1, 0.15) is 0 Å². The van der Waals surface area contributed by atoms with E-state index in [0.717, 1.165) is 28.4 Å². The van der Waals surface area contributed by atoms with E-state index in [1.807, 2.05) is 30.3 Å². The second-order valence-electron chi connectivity index (χ2n) is 2.81. The Labute approximate surface area is 121 Å². The molecule has 0 atom stereocenters. The summed E-state index contributed by atoms with van der Waals surface area (Å²) in [6.45, 7) is 0. The van der Waals surface area contributed by atoms with Crippen LogP contribution in [0.15, 0.2) is 39.6 Å². The van der Waals surface area contributed by atoms with E-state index in [-0.39, 0.29) is 9.60 Å². The van der Waals surface area contributed by atoms with Crippen LogP contribution in [-0.2, 0) is 0 Å². The van der Waals surface area contributed by atoms with Crippen LogP contribution in [0.25, 0.3) is 0 Å². The van der Waals surface area contributed by atoms with Gasteiger partial charge in [-0.05, 0) is 35.7 Å². The van der Waals surface area contributed by atoms with Crippen molar-refractivity contribution in [3.63, 3.8) is 0 Å². The number of carbonyl (C=O) groups is 1. The molecule has 2 aromatic rings. The average Bonchev–Trinajstić information content (AvgIpc) is 2.59. The zero-order valence-electron chi connectivity index (χ0n) is 8.22. The number of hydrogen-bond donors (Lipinski definition) is 0. The van der Waals surface area contributed by atoms with Gasteiger partial charge in [-0.3, -0.25) is 4.79 Å². The van der Waals surface area contributed by atoms with Crippen molar-refractivity contribution < 1.29 is 4.79 Å². The molecule has 0 bridgehead atoms. The summed E-state index contributed by atoms with van der Waals surface area (Å²) in [5, 5.41) is 0.247. The third kappa shape index (κ3) is 3.89. The quantitative estimate of drug-likeness (QED) is 0.687. The van der Waals surface area contributed by atoms with Crippen molar-refractivity contribution in [2.45, 2.75) is 9.24 Å². The summed E-state index contributed by atoms with van der Waals surface area (Å²) >= 11 is 14.9. The Morgan fingerprint density at radius 3 is 2.47 bits per heavy atom. The van der Waals surface area contributed by atoms with Crippen LogP contribution in [0.5, 0.6) is 0 Å². The molecule has 0 aliphatic carbocycles. The molecule has 0 amide bonds. The van der Waals surface area contributed by atoms with Crippen LogP contribution in [0, 0.1) is 0 Å². The molecule has 1 heterocycles. The van der Waals surface area contributed by atoms with E-state index >= 15 is 0 Å². The topological polar surface area (TPSA) is 30.0 Å². The molecular weight excluding hydrogens is 317 g/mol. The fourth-order valence-corrected chi connectivity index (χ4v) is 4.36. The third-order valence-corrected chi connectivity index (χ3v) is 5.28. The lowest BCUT2D eigenvalue weighted by Gasteiger charge is -1.97. The minimum Gasteiger partial charge on any atom is -0.274 e. The van der Waals surface area contributed by atoms with Crippen molar-refractivity contribution in [2.75, 3.05) is 0 Å². The van der Waals surface area contributed by atoms with Gasteiger partial charge in [0.1, 0.15) is 4.34 Å². The van der Waals surface area contributed by atoms with Crippen LogP contribution in [-0.4, -0.2) is 9.43 Å². The summed E-state index contributed by atoms with van der Waals surface area (Å²) < 4.78 is 0.915. The van der Waals surface area contributed by atoms with Crippen LogP contribution < -0.4 is 0 Å². The number of aromatic nitrogens is 1. The Bertz CT molecular complexity index is 510. The molecule has 0 N–H and O–H groups in total. The number of carbonyl (C=O) groups excluding carboxylic acids is 1. The second-order valence-corrected chi connectivity index (χ2v) is 7.30. The molecule has 0 fully saturated rings. The van der Waals surface area contributed by atoms with Gasteiger partial charge in [0.05, 0.1) is 0 Å². The molecule has 0 spiro atoms. The van der Waals surface area contributed by atoms with E-state index in [1.165, 1.54) is 11.3 Å². The predicted octanol–water partition coefficient (Wildman–Crippen LogP) is 5.45. The predicted molar refractivity (Wildman–Crippen MR) is 75.7 cm³/mol. The Morgan fingerprint density at radius 1 is 1.18 bits per heavy atom. The van der Waals surface area contributed by atoms with Crippen LogP contribution in [0.2, 0.25) is 9.49 Å². The first-order chi connectivity index (χ1) is 8.15. The zero-order valence-corrected chi connectivity index (χ0v) is 12.2. The van der Waals surface area contributed by atoms with Crippen molar-refractivity contribution in [3.05, 3.63) is 39.8 Å². The first kappa shape index (κ1) is 13.2. The molecule has 0 saturated carbocycles. The molecule has 2 nitrogen and oxygen atoms in total. The highest BCUT2D eigenvalue weighted by atomic mass is 35.5. The molecule has 0 aliphatic heterocycles. The number of thiazole rings is 1. The fraction of sp³-hybridized carbons (Fsp3) is 0. The Morgan fingerprint density at radius 2 is 1.88 bits per heavy atom. The number of hydrogen-bond acceptors (Lipinski definition) is 5. The van der Waals surface area contributed by atoms with Gasteiger partial charge in [0.25, 0.3) is 4.45 Å². The highest BCUT2D eigenvalue weighted by Crippen LogP contribution is 2.37. The first-order valence-electron chi connectivity index (χ1n) is 4.41. The lowest BCUT2D eigenvalue weighted by Crippen LogP contribution is -1.80.